The maximum Gasteiger partial charge on any atom is 0.305 e. The predicted octanol–water partition coefficient (Wildman–Crippen LogP) is 12.8. The molecular weight excluding hydrogens is 584 g/mol. The van der Waals surface area contributed by atoms with Crippen LogP contribution in [0.1, 0.15) is 227 Å². The summed E-state index contributed by atoms with van der Waals surface area (Å²) in [5, 5.41) is 10.0. The summed E-state index contributed by atoms with van der Waals surface area (Å²) < 4.78 is 10.3. The second-order valence-corrected chi connectivity index (χ2v) is 15.4. The summed E-state index contributed by atoms with van der Waals surface area (Å²) in [6.07, 6.45) is 37.4. The number of carbonyl (C=O) groups is 2. The smallest absolute Gasteiger partial charge is 0.305 e. The fraction of sp³-hybridized carbons (Fsp3) is 0.952. The van der Waals surface area contributed by atoms with Crippen molar-refractivity contribution in [3.05, 3.63) is 0 Å². The molecule has 0 amide bonds. The van der Waals surface area contributed by atoms with Crippen LogP contribution in [-0.4, -0.2) is 36.4 Å². The lowest BCUT2D eigenvalue weighted by atomic mass is 10.0. The van der Waals surface area contributed by atoms with Gasteiger partial charge in [-0.2, -0.15) is 0 Å². The number of carbonyl (C=O) groups excluding carboxylic acids is 2. The molecule has 0 spiro atoms. The topological polar surface area (TPSA) is 72.8 Å². The van der Waals surface area contributed by atoms with Gasteiger partial charge in [-0.15, -0.1) is 0 Å². The molecule has 0 aliphatic heterocycles. The van der Waals surface area contributed by atoms with Crippen LogP contribution in [0, 0.1) is 11.8 Å². The molecule has 0 unspecified atom stereocenters. The second-order valence-electron chi connectivity index (χ2n) is 15.4. The number of hydrogen-bond acceptors (Lipinski definition) is 5. The minimum Gasteiger partial charge on any atom is -0.463 e. The Labute approximate surface area is 293 Å². The third kappa shape index (κ3) is 39.2. The van der Waals surface area contributed by atoms with E-state index in [-0.39, 0.29) is 25.2 Å². The van der Waals surface area contributed by atoms with Gasteiger partial charge in [0.05, 0.1) is 0 Å². The zero-order valence-corrected chi connectivity index (χ0v) is 32.1. The molecule has 0 bridgehead atoms. The Hall–Kier alpha value is -1.10. The third-order valence-electron chi connectivity index (χ3n) is 9.45. The lowest BCUT2D eigenvalue weighted by Gasteiger charge is -2.12. The first kappa shape index (κ1) is 45.9. The first-order valence-corrected chi connectivity index (χ1v) is 20.8. The van der Waals surface area contributed by atoms with Crippen LogP contribution in [0.15, 0.2) is 0 Å². The number of ether oxygens (including phenoxy) is 2. The minimum atomic E-state index is -0.956. The molecule has 47 heavy (non-hydrogen) atoms. The van der Waals surface area contributed by atoms with Crippen molar-refractivity contribution in [3.63, 3.8) is 0 Å². The molecule has 0 saturated carbocycles. The van der Waals surface area contributed by atoms with Gasteiger partial charge in [0.25, 0.3) is 0 Å². The molecule has 0 aliphatic carbocycles. The van der Waals surface area contributed by atoms with E-state index in [2.05, 4.69) is 27.7 Å². The second kappa shape index (κ2) is 36.2. The van der Waals surface area contributed by atoms with Gasteiger partial charge in [-0.3, -0.25) is 9.59 Å². The average molecular weight is 667 g/mol. The fourth-order valence-corrected chi connectivity index (χ4v) is 6.28. The van der Waals surface area contributed by atoms with Gasteiger partial charge in [0, 0.05) is 12.8 Å². The number of aliphatic hydroxyl groups is 1. The van der Waals surface area contributed by atoms with Crippen molar-refractivity contribution < 1.29 is 24.2 Å². The van der Waals surface area contributed by atoms with Crippen molar-refractivity contribution in [2.45, 2.75) is 233 Å². The number of esters is 2. The molecule has 0 saturated heterocycles. The number of rotatable bonds is 37. The van der Waals surface area contributed by atoms with Gasteiger partial charge in [0.2, 0.25) is 0 Å². The van der Waals surface area contributed by atoms with E-state index in [9.17, 15) is 14.7 Å². The summed E-state index contributed by atoms with van der Waals surface area (Å²) in [6, 6.07) is 0. The zero-order valence-electron chi connectivity index (χ0n) is 32.1. The van der Waals surface area contributed by atoms with E-state index in [4.69, 9.17) is 9.47 Å². The molecule has 5 heteroatoms. The first-order chi connectivity index (χ1) is 22.8. The van der Waals surface area contributed by atoms with E-state index in [0.717, 1.165) is 43.9 Å². The number of hydrogen-bond donors (Lipinski definition) is 1. The highest BCUT2D eigenvalue weighted by atomic mass is 16.6. The van der Waals surface area contributed by atoms with Crippen molar-refractivity contribution in [2.24, 2.45) is 11.8 Å². The van der Waals surface area contributed by atoms with E-state index in [1.807, 2.05) is 0 Å². The summed E-state index contributed by atoms with van der Waals surface area (Å²) in [5.41, 5.74) is 0. The Morgan fingerprint density at radius 3 is 0.830 bits per heavy atom. The summed E-state index contributed by atoms with van der Waals surface area (Å²) in [7, 11) is 0. The van der Waals surface area contributed by atoms with Crippen molar-refractivity contribution >= 4 is 11.9 Å². The van der Waals surface area contributed by atoms with E-state index in [0.29, 0.717) is 12.8 Å². The molecule has 0 fully saturated rings. The molecule has 0 radical (unpaired) electrons. The van der Waals surface area contributed by atoms with Gasteiger partial charge in [0.1, 0.15) is 19.3 Å². The van der Waals surface area contributed by atoms with Crippen LogP contribution in [0.5, 0.6) is 0 Å². The van der Waals surface area contributed by atoms with Gasteiger partial charge in [-0.25, -0.2) is 0 Å². The van der Waals surface area contributed by atoms with Crippen LogP contribution in [0.4, 0.5) is 0 Å². The van der Waals surface area contributed by atoms with Gasteiger partial charge in [-0.1, -0.05) is 201 Å². The first-order valence-electron chi connectivity index (χ1n) is 20.8. The fourth-order valence-electron chi connectivity index (χ4n) is 6.28. The molecule has 0 rings (SSSR count). The van der Waals surface area contributed by atoms with Gasteiger partial charge in [-0.05, 0) is 24.7 Å². The van der Waals surface area contributed by atoms with Crippen LogP contribution >= 0.6 is 0 Å². The van der Waals surface area contributed by atoms with Crippen molar-refractivity contribution in [1.82, 2.24) is 0 Å². The molecule has 1 atom stereocenters. The van der Waals surface area contributed by atoms with Crippen LogP contribution in [0.2, 0.25) is 0 Å². The quantitative estimate of drug-likeness (QED) is 0.0527. The Morgan fingerprint density at radius 1 is 0.383 bits per heavy atom. The standard InChI is InChI=1S/C42H82O5/c1-38(2)32-28-24-20-16-13-11-9-7-5-6-8-10-12-14-18-22-26-30-34-41(44)46-36-40(43)37-47-42(45)35-31-27-23-19-15-17-21-25-29-33-39(3)4/h38-40,43H,5-37H2,1-4H3/t40-/m0/s1. The van der Waals surface area contributed by atoms with Gasteiger partial charge in [0.15, 0.2) is 0 Å². The number of aliphatic hydroxyl groups excluding tert-OH is 1. The predicted molar refractivity (Wildman–Crippen MR) is 201 cm³/mol. The monoisotopic (exact) mass is 667 g/mol. The highest BCUT2D eigenvalue weighted by Crippen LogP contribution is 2.16. The Kier molecular flexibility index (Phi) is 35.3. The van der Waals surface area contributed by atoms with Gasteiger partial charge < -0.3 is 14.6 Å². The summed E-state index contributed by atoms with van der Waals surface area (Å²) >= 11 is 0. The maximum atomic E-state index is 12.0. The summed E-state index contributed by atoms with van der Waals surface area (Å²) in [5.74, 6) is 1.13. The Morgan fingerprint density at radius 2 is 0.596 bits per heavy atom. The lowest BCUT2D eigenvalue weighted by Crippen LogP contribution is -2.25. The molecular formula is C42H82O5. The molecule has 0 heterocycles. The molecule has 0 aromatic rings. The van der Waals surface area contributed by atoms with Crippen molar-refractivity contribution in [2.75, 3.05) is 13.2 Å². The van der Waals surface area contributed by atoms with Crippen LogP contribution < -0.4 is 0 Å². The van der Waals surface area contributed by atoms with Gasteiger partial charge >= 0.3 is 11.9 Å². The normalized spacial score (nSPS) is 12.2. The van der Waals surface area contributed by atoms with Crippen LogP contribution in [0.3, 0.4) is 0 Å². The van der Waals surface area contributed by atoms with E-state index >= 15 is 0 Å². The lowest BCUT2D eigenvalue weighted by molar-refractivity contribution is -0.152. The summed E-state index contributed by atoms with van der Waals surface area (Å²) in [4.78, 5) is 23.9. The van der Waals surface area contributed by atoms with Crippen molar-refractivity contribution in [3.8, 4) is 0 Å². The van der Waals surface area contributed by atoms with E-state index in [1.165, 1.54) is 154 Å². The highest BCUT2D eigenvalue weighted by molar-refractivity contribution is 5.69. The van der Waals surface area contributed by atoms with Crippen molar-refractivity contribution in [1.29, 1.82) is 0 Å². The molecule has 280 valence electrons. The third-order valence-corrected chi connectivity index (χ3v) is 9.45. The Bertz CT molecular complexity index is 661. The largest absolute Gasteiger partial charge is 0.463 e. The summed E-state index contributed by atoms with van der Waals surface area (Å²) in [6.45, 7) is 9.02. The molecule has 0 aliphatic rings. The van der Waals surface area contributed by atoms with E-state index < -0.39 is 6.10 Å². The van der Waals surface area contributed by atoms with E-state index in [1.54, 1.807) is 0 Å². The zero-order chi connectivity index (χ0) is 34.6. The SMILES string of the molecule is CC(C)CCCCCCCCCCCCCCCCCCCCC(=O)OC[C@H](O)COC(=O)CCCCCCCCCCCC(C)C. The Balaban J connectivity index is 3.35. The van der Waals surface area contributed by atoms with Crippen LogP contribution in [0.25, 0.3) is 0 Å². The molecule has 0 aromatic carbocycles. The maximum absolute atomic E-state index is 12.0. The molecule has 5 nitrogen and oxygen atoms in total. The van der Waals surface area contributed by atoms with Crippen LogP contribution in [-0.2, 0) is 19.1 Å². The molecule has 0 aromatic heterocycles. The number of unbranched alkanes of at least 4 members (excludes halogenated alkanes) is 25. The minimum absolute atomic E-state index is 0.109. The average Bonchev–Trinajstić information content (AvgIpc) is 3.04. The highest BCUT2D eigenvalue weighted by Gasteiger charge is 2.12. The molecule has 1 N–H and O–H groups in total.